The van der Waals surface area contributed by atoms with Gasteiger partial charge < -0.3 is 20.3 Å². The number of hydrogen-bond acceptors (Lipinski definition) is 7. The number of carbonyl (C=O) groups excluding carboxylic acids is 4. The van der Waals surface area contributed by atoms with E-state index in [-0.39, 0.29) is 12.5 Å². The number of amides is 4. The van der Waals surface area contributed by atoms with Crippen LogP contribution in [-0.2, 0) is 30.6 Å². The predicted molar refractivity (Wildman–Crippen MR) is 136 cm³/mol. The number of rotatable bonds is 10. The number of carbonyl (C=O) groups is 4. The summed E-state index contributed by atoms with van der Waals surface area (Å²) in [6.45, 7) is 7.22. The Morgan fingerprint density at radius 3 is 2.26 bits per heavy atom. The van der Waals surface area contributed by atoms with Gasteiger partial charge >= 0.3 is 6.09 Å². The van der Waals surface area contributed by atoms with Crippen LogP contribution in [0.25, 0.3) is 0 Å². The van der Waals surface area contributed by atoms with Crippen LogP contribution in [0.1, 0.15) is 46.1 Å². The molecule has 3 rings (SSSR count). The number of ether oxygens (including phenoxy) is 1. The Hall–Kier alpha value is -3.61. The van der Waals surface area contributed by atoms with Crippen LogP contribution in [0, 0.1) is 11.8 Å². The average molecular weight is 552 g/mol. The Bertz CT molecular complexity index is 1050. The zero-order chi connectivity index (χ0) is 28.7. The van der Waals surface area contributed by atoms with Crippen molar-refractivity contribution in [3.63, 3.8) is 0 Å². The summed E-state index contributed by atoms with van der Waals surface area (Å²) < 4.78 is 31.0. The van der Waals surface area contributed by atoms with E-state index in [2.05, 4.69) is 15.6 Å². The molecule has 4 amide bonds. The molecule has 214 valence electrons. The van der Waals surface area contributed by atoms with Gasteiger partial charge in [-0.25, -0.2) is 23.4 Å². The molecule has 2 N–H and O–H groups in total. The predicted octanol–water partition coefficient (Wildman–Crippen LogP) is 2.46. The van der Waals surface area contributed by atoms with Gasteiger partial charge in [-0.05, 0) is 30.2 Å². The van der Waals surface area contributed by atoms with E-state index in [1.807, 2.05) is 18.2 Å². The van der Waals surface area contributed by atoms with Crippen LogP contribution in [0.15, 0.2) is 35.3 Å². The van der Waals surface area contributed by atoms with E-state index in [9.17, 15) is 28.0 Å². The van der Waals surface area contributed by atoms with Crippen molar-refractivity contribution in [3.05, 3.63) is 35.9 Å². The van der Waals surface area contributed by atoms with E-state index < -0.39 is 60.5 Å². The summed E-state index contributed by atoms with van der Waals surface area (Å²) in [5.74, 6) is -2.49. The van der Waals surface area contributed by atoms with Gasteiger partial charge in [-0.2, -0.15) is 5.06 Å². The van der Waals surface area contributed by atoms with Crippen LogP contribution >= 0.6 is 0 Å². The van der Waals surface area contributed by atoms with Crippen molar-refractivity contribution in [1.29, 1.82) is 0 Å². The average Bonchev–Trinajstić information content (AvgIpc) is 3.59. The second-order valence-corrected chi connectivity index (χ2v) is 10.1. The minimum atomic E-state index is -2.91. The van der Waals surface area contributed by atoms with Gasteiger partial charge in [0.25, 0.3) is 12.3 Å². The summed E-state index contributed by atoms with van der Waals surface area (Å²) >= 11 is 0. The summed E-state index contributed by atoms with van der Waals surface area (Å²) in [4.78, 5) is 61.8. The minimum Gasteiger partial charge on any atom is -0.445 e. The molecule has 0 saturated carbocycles. The summed E-state index contributed by atoms with van der Waals surface area (Å²) in [6.07, 6.45) is -3.70. The number of nitrogens with one attached hydrogen (secondary N) is 2. The highest BCUT2D eigenvalue weighted by atomic mass is 19.3. The van der Waals surface area contributed by atoms with Gasteiger partial charge in [0, 0.05) is 6.54 Å². The molecule has 0 aromatic heterocycles. The molecule has 11 nitrogen and oxygen atoms in total. The molecule has 4 atom stereocenters. The molecule has 0 spiro atoms. The zero-order valence-corrected chi connectivity index (χ0v) is 22.4. The smallest absolute Gasteiger partial charge is 0.408 e. The summed E-state index contributed by atoms with van der Waals surface area (Å²) in [5, 5.41) is 5.86. The molecule has 1 aromatic rings. The van der Waals surface area contributed by atoms with E-state index >= 15 is 0 Å². The maximum atomic E-state index is 13.5. The first-order valence-corrected chi connectivity index (χ1v) is 12.9. The van der Waals surface area contributed by atoms with Crippen molar-refractivity contribution in [3.8, 4) is 0 Å². The van der Waals surface area contributed by atoms with Gasteiger partial charge in [0.15, 0.2) is 0 Å². The first-order chi connectivity index (χ1) is 18.5. The van der Waals surface area contributed by atoms with E-state index in [1.165, 1.54) is 4.90 Å². The highest BCUT2D eigenvalue weighted by Gasteiger charge is 2.41. The number of likely N-dealkylation sites (tertiary alicyclic amines) is 1. The van der Waals surface area contributed by atoms with Crippen LogP contribution in [-0.4, -0.2) is 77.4 Å². The van der Waals surface area contributed by atoms with Crippen LogP contribution in [0.4, 0.5) is 13.6 Å². The number of hydrogen-bond donors (Lipinski definition) is 2. The lowest BCUT2D eigenvalue weighted by molar-refractivity contribution is -0.186. The van der Waals surface area contributed by atoms with Crippen molar-refractivity contribution in [2.45, 2.75) is 77.9 Å². The highest BCUT2D eigenvalue weighted by Crippen LogP contribution is 2.22. The molecule has 0 bridgehead atoms. The van der Waals surface area contributed by atoms with E-state index in [0.717, 1.165) is 11.9 Å². The number of halogens is 2. The van der Waals surface area contributed by atoms with Gasteiger partial charge in [-0.1, -0.05) is 58.0 Å². The Morgan fingerprint density at radius 1 is 1.03 bits per heavy atom. The number of alkyl halides is 2. The maximum absolute atomic E-state index is 13.5. The summed E-state index contributed by atoms with van der Waals surface area (Å²) in [5.41, 5.74) is 0.793. The lowest BCUT2D eigenvalue weighted by Gasteiger charge is -2.32. The Kier molecular flexibility index (Phi) is 10.3. The quantitative estimate of drug-likeness (QED) is 0.460. The lowest BCUT2D eigenvalue weighted by Crippen LogP contribution is -2.58. The third-order valence-corrected chi connectivity index (χ3v) is 6.46. The molecule has 13 heteroatoms. The fraction of sp³-hybridized carbons (Fsp3) is 0.577. The van der Waals surface area contributed by atoms with Gasteiger partial charge in [0.2, 0.25) is 18.0 Å². The summed E-state index contributed by atoms with van der Waals surface area (Å²) in [7, 11) is 0. The normalized spacial score (nSPS) is 20.4. The fourth-order valence-corrected chi connectivity index (χ4v) is 4.30. The molecule has 1 aromatic carbocycles. The standard InChI is InChI=1S/C26H35F2N5O6/c1-15(2)19(31-26(37)38-13-17-9-6-5-7-10-17)24(35)32-12-8-11-18(32)22(34)30-20(16(3)4)25(36)33-14-29-23(39-33)21(27)28/h5-7,9-10,14-16,18-21,23H,8,11-13H2,1-4H3,(H,30,34)(H,31,37)/t18-,19-,20?,23?/m0/s1. The maximum Gasteiger partial charge on any atom is 0.408 e. The van der Waals surface area contributed by atoms with E-state index in [4.69, 9.17) is 9.57 Å². The second kappa shape index (κ2) is 13.5. The zero-order valence-electron chi connectivity index (χ0n) is 22.4. The lowest BCUT2D eigenvalue weighted by atomic mass is 10.0. The van der Waals surface area contributed by atoms with Crippen LogP contribution in [0.2, 0.25) is 0 Å². The largest absolute Gasteiger partial charge is 0.445 e. The van der Waals surface area contributed by atoms with E-state index in [1.54, 1.807) is 39.8 Å². The number of aliphatic imine (C=N–C) groups is 1. The molecule has 0 aliphatic carbocycles. The molecule has 2 heterocycles. The molecular weight excluding hydrogens is 516 g/mol. The Balaban J connectivity index is 1.63. The van der Waals surface area contributed by atoms with Crippen LogP contribution in [0.3, 0.4) is 0 Å². The Morgan fingerprint density at radius 2 is 1.67 bits per heavy atom. The van der Waals surface area contributed by atoms with Gasteiger partial charge in [-0.3, -0.25) is 14.4 Å². The molecule has 39 heavy (non-hydrogen) atoms. The van der Waals surface area contributed by atoms with Crippen LogP contribution in [0.5, 0.6) is 0 Å². The van der Waals surface area contributed by atoms with Gasteiger partial charge in [-0.15, -0.1) is 0 Å². The number of alkyl carbamates (subject to hydrolysis) is 1. The molecular formula is C26H35F2N5O6. The molecule has 1 saturated heterocycles. The number of benzene rings is 1. The molecule has 2 aliphatic heterocycles. The SMILES string of the molecule is CC(C)C(NC(=O)[C@@H]1CCCN1C(=O)[C@@H](NC(=O)OCc1ccccc1)C(C)C)C(=O)N1C=NC(C(F)F)O1. The van der Waals surface area contributed by atoms with Crippen molar-refractivity contribution in [2.24, 2.45) is 16.8 Å². The van der Waals surface area contributed by atoms with Crippen molar-refractivity contribution < 1.29 is 37.5 Å². The first kappa shape index (κ1) is 29.9. The molecule has 1 fully saturated rings. The monoisotopic (exact) mass is 551 g/mol. The van der Waals surface area contributed by atoms with Crippen molar-refractivity contribution in [2.75, 3.05) is 6.54 Å². The molecule has 2 aliphatic rings. The fourth-order valence-electron chi connectivity index (χ4n) is 4.30. The first-order valence-electron chi connectivity index (χ1n) is 12.9. The van der Waals surface area contributed by atoms with Crippen LogP contribution < -0.4 is 10.6 Å². The Labute approximate surface area is 225 Å². The minimum absolute atomic E-state index is 0.0363. The third-order valence-electron chi connectivity index (χ3n) is 6.46. The summed E-state index contributed by atoms with van der Waals surface area (Å²) in [6, 6.07) is 6.17. The highest BCUT2D eigenvalue weighted by molar-refractivity contribution is 5.96. The third kappa shape index (κ3) is 7.71. The topological polar surface area (TPSA) is 130 Å². The number of hydroxylamine groups is 2. The van der Waals surface area contributed by atoms with Crippen molar-refractivity contribution >= 4 is 30.2 Å². The van der Waals surface area contributed by atoms with Gasteiger partial charge in [0.05, 0.1) is 0 Å². The van der Waals surface area contributed by atoms with E-state index in [0.29, 0.717) is 24.4 Å². The van der Waals surface area contributed by atoms with Gasteiger partial charge in [0.1, 0.15) is 31.1 Å². The van der Waals surface area contributed by atoms with Crippen molar-refractivity contribution in [1.82, 2.24) is 20.6 Å². The molecule has 0 radical (unpaired) electrons. The second-order valence-electron chi connectivity index (χ2n) is 10.1. The molecule has 2 unspecified atom stereocenters. The number of nitrogens with zero attached hydrogens (tertiary/aromatic N) is 3.